The molecule has 21 nitrogen and oxygen atoms in total. The molecule has 806 valence electrons. The van der Waals surface area contributed by atoms with E-state index < -0.39 is 47.7 Å². The summed E-state index contributed by atoms with van der Waals surface area (Å²) in [5, 5.41) is 0. The molecule has 0 aromatic carbocycles. The molecule has 0 radical (unpaired) electrons. The van der Waals surface area contributed by atoms with Gasteiger partial charge in [-0.05, 0) is 300 Å². The van der Waals surface area contributed by atoms with Crippen molar-refractivity contribution < 1.29 is 113 Å². The van der Waals surface area contributed by atoms with Crippen LogP contribution in [0.2, 0.25) is 0 Å². The molecule has 0 heterocycles. The van der Waals surface area contributed by atoms with Gasteiger partial charge in [0.25, 0.3) is 0 Å². The summed E-state index contributed by atoms with van der Waals surface area (Å²) in [4.78, 5) is 129. The molecule has 0 aromatic rings. The van der Waals surface area contributed by atoms with Crippen molar-refractivity contribution in [3.05, 3.63) is 125 Å². The molecule has 24 heteroatoms. The van der Waals surface area contributed by atoms with Crippen molar-refractivity contribution in [3.8, 4) is 0 Å². The summed E-state index contributed by atoms with van der Waals surface area (Å²) in [5.74, 6) is -5.71. The molecule has 0 amide bonds. The number of ether oxygens (including phenoxy) is 9. The Morgan fingerprint density at radius 3 is 0.734 bits per heavy atom. The smallest absolute Gasteiger partial charge is 0.186 e. The predicted molar refractivity (Wildman–Crippen MR) is 586 cm³/mol. The van der Waals surface area contributed by atoms with Gasteiger partial charge in [-0.2, -0.15) is 9.59 Å². The summed E-state index contributed by atoms with van der Waals surface area (Å²) in [6.07, 6.45) is 46.1. The molecule has 6 aliphatic carbocycles. The van der Waals surface area contributed by atoms with E-state index in [1.165, 1.54) is 224 Å². The molecule has 139 heavy (non-hydrogen) atoms. The van der Waals surface area contributed by atoms with Crippen LogP contribution in [-0.4, -0.2) is 130 Å². The number of methoxy groups -OCH3 is 9. The van der Waals surface area contributed by atoms with Crippen molar-refractivity contribution in [2.24, 2.45) is 56.2 Å². The molecule has 0 saturated carbocycles. The quantitative estimate of drug-likeness (QED) is 0.00862. The largest absolute Gasteiger partial charge is 0.373 e. The van der Waals surface area contributed by atoms with Crippen LogP contribution in [0.1, 0.15) is 422 Å². The molecule has 2 unspecified atom stereocenters. The maximum absolute atomic E-state index is 11.7. The first-order chi connectivity index (χ1) is 62.5. The van der Waals surface area contributed by atoms with E-state index in [0.717, 1.165) is 94.5 Å². The Labute approximate surface area is 877 Å². The third kappa shape index (κ3) is 59.0. The summed E-state index contributed by atoms with van der Waals surface area (Å²) in [6.45, 7) is 55.3. The van der Waals surface area contributed by atoms with E-state index in [4.69, 9.17) is 9.59 Å². The molecule has 0 aliphatic heterocycles. The van der Waals surface area contributed by atoms with Crippen molar-refractivity contribution in [3.63, 3.8) is 0 Å². The second kappa shape index (κ2) is 78.0. The number of halogens is 3. The average molecular weight is 2300 g/mol. The third-order valence-corrected chi connectivity index (χ3v) is 27.3. The fourth-order valence-electron chi connectivity index (χ4n) is 19.0. The van der Waals surface area contributed by atoms with Gasteiger partial charge in [0.1, 0.15) is 11.9 Å². The van der Waals surface area contributed by atoms with Gasteiger partial charge >= 0.3 is 110 Å². The molecular weight excluding hydrogens is 2100 g/mol. The van der Waals surface area contributed by atoms with Crippen LogP contribution in [0.4, 0.5) is 0 Å². The molecule has 6 rings (SSSR count). The topological polar surface area (TPSA) is 288 Å². The van der Waals surface area contributed by atoms with Gasteiger partial charge < -0.3 is 47.4 Å². The Bertz CT molecular complexity index is 3900. The Kier molecular flexibility index (Phi) is 83.1. The summed E-state index contributed by atoms with van der Waals surface area (Å²) in [5.41, 5.74) is 25.0. The number of aldehydes is 1. The molecule has 0 spiro atoms. The van der Waals surface area contributed by atoms with E-state index in [2.05, 4.69) is 218 Å². The number of hydrogen-bond donors (Lipinski definition) is 0. The number of carbonyl (C=O) groups excluding carboxylic acids is 12. The molecule has 0 saturated heterocycles. The summed E-state index contributed by atoms with van der Waals surface area (Å²) < 4.78 is 41.6. The Balaban J connectivity index is -0.000000240. The van der Waals surface area contributed by atoms with E-state index in [0.29, 0.717) is 48.8 Å². The number of carbonyl (C=O) groups is 10. The predicted octanol–water partition coefficient (Wildman–Crippen LogP) is 28.3. The van der Waals surface area contributed by atoms with Gasteiger partial charge in [0, 0.05) is 12.3 Å². The maximum atomic E-state index is 11.7. The van der Waals surface area contributed by atoms with Crippen LogP contribution < -0.4 is 13.3 Å². The van der Waals surface area contributed by atoms with Crippen LogP contribution in [0.15, 0.2) is 125 Å². The SMILES string of the molecule is C.C.C.C.C.CC1=C(CCC(C)C=O)C(C)(C)CCC1.CCC(=O)OC.COC(=O)C(/C=C(/C)CCC1=C(C)CCCC1(C)C)C(=O)OC.COC(=O)C(/C=C(\C)CCC1=C(C)CCCC1(C)C)C(=O)OC.COC(=O)C(=CC(C)CCC1=C(C)CCCC1(C)C)C(=O)OC.COC(=O)C/C=C(/C)CCC1=C(C)CCCC1(C)C.COC(=O)C/C=C(\C)CCC1=C(C)CCCC1(C)C.I[I-]I.O=C=O. The summed E-state index contributed by atoms with van der Waals surface area (Å²) in [7, 11) is 11.9. The molecule has 0 N–H and O–H groups in total. The van der Waals surface area contributed by atoms with Crippen molar-refractivity contribution in [2.45, 2.75) is 422 Å². The number of allylic oxidation sites excluding steroid dienone is 17. The minimum Gasteiger partial charge on any atom is -0.186 e. The normalized spacial score (nSPS) is 17.3. The molecular formula is C115H198I3O21-. The second-order valence-corrected chi connectivity index (χ2v) is 56.8. The van der Waals surface area contributed by atoms with Gasteiger partial charge in [-0.15, -0.1) is 0 Å². The van der Waals surface area contributed by atoms with Gasteiger partial charge in [0.05, 0.1) is 76.8 Å². The standard InChI is InChI=1S/3C19H30O4.2C17H28O2.C14H24O.C4H8O2.CO2.5CH4.I3/c3*1-13(12-15(17(20)22-5)18(21)23-6)9-10-16-14(2)8-7-11-19(16,3)4;2*1-13(9-11-16(18)19-5)8-10-15-14(2)7-6-12-17(15,3)4;1-11(10-15)7-8-13-12(2)6-5-9-14(13,3)4;1-3-4(5)6-2;2-1-3;;;;;;1-3-2/h2*12,15H,7-11H2,1-6H3;12-13H,7-11H2,1-6H3;2*9H,6-8,10-12H2,1-5H3;10-11H,5-9H2,1-4H3;3H2,1-2H3;;5*1H4;/q;;;;;;;;;;;;;-1/b13-12+;13-12-;;13-9+;13-9-;;;;;;;;;. The molecule has 0 aromatic heterocycles. The Morgan fingerprint density at radius 2 is 0.554 bits per heavy atom. The minimum absolute atomic E-state index is 0. The first kappa shape index (κ1) is 148. The average Bonchev–Trinajstić information content (AvgIpc) is 0.867. The van der Waals surface area contributed by atoms with Crippen LogP contribution >= 0.6 is 37.2 Å². The summed E-state index contributed by atoms with van der Waals surface area (Å²) in [6, 6.07) is 0. The second-order valence-electron chi connectivity index (χ2n) is 40.5. The summed E-state index contributed by atoms with van der Waals surface area (Å²) >= 11 is 5.30. The number of esters is 9. The first-order valence-electron chi connectivity index (χ1n) is 48.0. The minimum atomic E-state index is -0.973. The van der Waals surface area contributed by atoms with E-state index in [9.17, 15) is 47.9 Å². The number of hydrogen-bond acceptors (Lipinski definition) is 21. The van der Waals surface area contributed by atoms with Gasteiger partial charge in [-0.25, -0.2) is 9.59 Å². The fraction of sp³-hybridized carbons (Fsp3) is 0.713. The van der Waals surface area contributed by atoms with E-state index in [1.807, 2.05) is 39.8 Å². The van der Waals surface area contributed by atoms with Crippen molar-refractivity contribution >= 4 is 103 Å². The zero-order chi connectivity index (χ0) is 104. The molecule has 0 fully saturated rings. The van der Waals surface area contributed by atoms with Gasteiger partial charge in [-0.3, -0.25) is 33.6 Å². The van der Waals surface area contributed by atoms with Crippen molar-refractivity contribution in [1.29, 1.82) is 0 Å². The molecule has 2 atom stereocenters. The Hall–Kier alpha value is -6.39. The monoisotopic (exact) mass is 2300 g/mol. The van der Waals surface area contributed by atoms with Gasteiger partial charge in [0.2, 0.25) is 0 Å². The fourth-order valence-corrected chi connectivity index (χ4v) is 19.0. The van der Waals surface area contributed by atoms with Crippen LogP contribution in [0, 0.1) is 56.2 Å². The van der Waals surface area contributed by atoms with Gasteiger partial charge in [0.15, 0.2) is 11.8 Å². The van der Waals surface area contributed by atoms with E-state index >= 15 is 0 Å². The zero-order valence-corrected chi connectivity index (χ0v) is 95.8. The van der Waals surface area contributed by atoms with Crippen LogP contribution in [0.25, 0.3) is 0 Å². The number of rotatable bonds is 33. The van der Waals surface area contributed by atoms with Gasteiger partial charge in [-0.1, -0.05) is 261 Å². The van der Waals surface area contributed by atoms with E-state index in [-0.39, 0.29) is 94.8 Å². The first-order valence-corrected chi connectivity index (χ1v) is 60.6. The van der Waals surface area contributed by atoms with Crippen LogP contribution in [0.3, 0.4) is 0 Å². The third-order valence-electron chi connectivity index (χ3n) is 27.3. The zero-order valence-electron chi connectivity index (χ0n) is 89.3. The maximum Gasteiger partial charge on any atom is 0.373 e. The van der Waals surface area contributed by atoms with Crippen molar-refractivity contribution in [1.82, 2.24) is 0 Å². The molecule has 0 bridgehead atoms. The van der Waals surface area contributed by atoms with E-state index in [1.54, 1.807) is 58.6 Å². The Morgan fingerprint density at radius 1 is 0.345 bits per heavy atom. The van der Waals surface area contributed by atoms with Crippen LogP contribution in [0.5, 0.6) is 0 Å². The van der Waals surface area contributed by atoms with Crippen molar-refractivity contribution in [2.75, 3.05) is 64.0 Å². The molecule has 6 aliphatic rings. The van der Waals surface area contributed by atoms with Crippen LogP contribution in [-0.2, 0) is 100 Å².